The summed E-state index contributed by atoms with van der Waals surface area (Å²) in [5.41, 5.74) is 1.73. The lowest BCUT2D eigenvalue weighted by molar-refractivity contribution is -0.127. The first kappa shape index (κ1) is 16.8. The Hall–Kier alpha value is -1.60. The van der Waals surface area contributed by atoms with Crippen LogP contribution in [0.15, 0.2) is 32.8 Å². The maximum atomic E-state index is 12.1. The molecule has 0 aliphatic heterocycles. The van der Waals surface area contributed by atoms with Gasteiger partial charge in [0.1, 0.15) is 0 Å². The normalized spacial score (nSPS) is 10.6. The highest BCUT2D eigenvalue weighted by molar-refractivity contribution is 7.99. The standard InChI is InChI=1S/C15H19N3O2S2/c1-3-4-12-7-13(19)17-15(16-12)22-10-14(20)18(2)8-11-5-6-21-9-11/h5-7,9H,3-4,8,10H2,1-2H3,(H,16,17,19). The third-order valence-electron chi connectivity index (χ3n) is 3.04. The second-order valence-electron chi connectivity index (χ2n) is 4.96. The molecule has 0 saturated heterocycles. The van der Waals surface area contributed by atoms with Gasteiger partial charge in [-0.2, -0.15) is 11.3 Å². The number of hydrogen-bond acceptors (Lipinski definition) is 5. The van der Waals surface area contributed by atoms with Gasteiger partial charge in [-0.05, 0) is 28.8 Å². The molecule has 0 bridgehead atoms. The third kappa shape index (κ3) is 4.99. The molecular formula is C15H19N3O2S2. The lowest BCUT2D eigenvalue weighted by Crippen LogP contribution is -2.27. The van der Waals surface area contributed by atoms with E-state index in [2.05, 4.69) is 9.97 Å². The summed E-state index contributed by atoms with van der Waals surface area (Å²) >= 11 is 2.89. The molecule has 0 fully saturated rings. The molecule has 0 spiro atoms. The number of H-pyrrole nitrogens is 1. The van der Waals surface area contributed by atoms with Crippen LogP contribution < -0.4 is 5.56 Å². The van der Waals surface area contributed by atoms with Crippen molar-refractivity contribution in [1.29, 1.82) is 0 Å². The van der Waals surface area contributed by atoms with Gasteiger partial charge >= 0.3 is 0 Å². The van der Waals surface area contributed by atoms with Crippen molar-refractivity contribution in [2.75, 3.05) is 12.8 Å². The number of aromatic nitrogens is 2. The van der Waals surface area contributed by atoms with E-state index in [1.165, 1.54) is 17.8 Å². The van der Waals surface area contributed by atoms with E-state index >= 15 is 0 Å². The molecule has 22 heavy (non-hydrogen) atoms. The zero-order chi connectivity index (χ0) is 15.9. The number of nitrogens with zero attached hydrogens (tertiary/aromatic N) is 2. The van der Waals surface area contributed by atoms with Gasteiger partial charge in [0.2, 0.25) is 5.91 Å². The Morgan fingerprint density at radius 3 is 3.00 bits per heavy atom. The van der Waals surface area contributed by atoms with E-state index in [0.29, 0.717) is 11.7 Å². The van der Waals surface area contributed by atoms with E-state index in [-0.39, 0.29) is 17.2 Å². The smallest absolute Gasteiger partial charge is 0.251 e. The summed E-state index contributed by atoms with van der Waals surface area (Å²) in [7, 11) is 1.78. The van der Waals surface area contributed by atoms with Crippen LogP contribution >= 0.6 is 23.1 Å². The highest BCUT2D eigenvalue weighted by Crippen LogP contribution is 2.14. The van der Waals surface area contributed by atoms with Crippen molar-refractivity contribution in [3.8, 4) is 0 Å². The number of aromatic amines is 1. The SMILES string of the molecule is CCCc1cc(=O)[nH]c(SCC(=O)N(C)Cc2ccsc2)n1. The minimum atomic E-state index is -0.167. The largest absolute Gasteiger partial charge is 0.341 e. The first-order valence-electron chi connectivity index (χ1n) is 7.06. The summed E-state index contributed by atoms with van der Waals surface area (Å²) < 4.78 is 0. The minimum absolute atomic E-state index is 0.0137. The predicted molar refractivity (Wildman–Crippen MR) is 90.4 cm³/mol. The fourth-order valence-electron chi connectivity index (χ4n) is 1.92. The number of aryl methyl sites for hydroxylation is 1. The number of thiophene rings is 1. The van der Waals surface area contributed by atoms with Crippen molar-refractivity contribution >= 4 is 29.0 Å². The second-order valence-corrected chi connectivity index (χ2v) is 6.71. The first-order valence-corrected chi connectivity index (χ1v) is 8.99. The summed E-state index contributed by atoms with van der Waals surface area (Å²) in [5, 5.41) is 4.54. The number of hydrogen-bond donors (Lipinski definition) is 1. The Kier molecular flexibility index (Phi) is 6.21. The molecule has 0 aromatic carbocycles. The van der Waals surface area contributed by atoms with Crippen molar-refractivity contribution < 1.29 is 4.79 Å². The monoisotopic (exact) mass is 337 g/mol. The maximum absolute atomic E-state index is 12.1. The van der Waals surface area contributed by atoms with E-state index in [1.54, 1.807) is 23.3 Å². The number of thioether (sulfide) groups is 1. The molecule has 5 nitrogen and oxygen atoms in total. The number of carbonyl (C=O) groups excluding carboxylic acids is 1. The van der Waals surface area contributed by atoms with Gasteiger partial charge in [0.25, 0.3) is 5.56 Å². The highest BCUT2D eigenvalue weighted by Gasteiger charge is 2.11. The molecule has 0 saturated carbocycles. The molecule has 1 amide bonds. The van der Waals surface area contributed by atoms with E-state index in [1.807, 2.05) is 23.8 Å². The van der Waals surface area contributed by atoms with Crippen molar-refractivity contribution in [3.05, 3.63) is 44.5 Å². The summed E-state index contributed by atoms with van der Waals surface area (Å²) in [6, 6.07) is 3.52. The Morgan fingerprint density at radius 1 is 1.50 bits per heavy atom. The highest BCUT2D eigenvalue weighted by atomic mass is 32.2. The van der Waals surface area contributed by atoms with Crippen molar-refractivity contribution in [2.45, 2.75) is 31.5 Å². The minimum Gasteiger partial charge on any atom is -0.341 e. The molecule has 2 aromatic heterocycles. The van der Waals surface area contributed by atoms with Gasteiger partial charge in [-0.1, -0.05) is 25.1 Å². The number of rotatable bonds is 7. The Labute approximate surface area is 137 Å². The third-order valence-corrected chi connectivity index (χ3v) is 4.63. The molecule has 0 atom stereocenters. The van der Waals surface area contributed by atoms with Crippen LogP contribution in [0.1, 0.15) is 24.6 Å². The van der Waals surface area contributed by atoms with Gasteiger partial charge in [0, 0.05) is 25.4 Å². The molecule has 7 heteroatoms. The number of amides is 1. The summed E-state index contributed by atoms with van der Waals surface area (Å²) in [5.74, 6) is 0.277. The van der Waals surface area contributed by atoms with Crippen LogP contribution in [0.3, 0.4) is 0 Å². The van der Waals surface area contributed by atoms with Crippen LogP contribution in [0, 0.1) is 0 Å². The molecule has 2 heterocycles. The van der Waals surface area contributed by atoms with Crippen LogP contribution in [0.25, 0.3) is 0 Å². The summed E-state index contributed by atoms with van der Waals surface area (Å²) in [4.78, 5) is 32.4. The zero-order valence-electron chi connectivity index (χ0n) is 12.7. The topological polar surface area (TPSA) is 66.1 Å². The molecule has 0 aliphatic rings. The molecule has 2 aromatic rings. The van der Waals surface area contributed by atoms with Crippen LogP contribution in [0.4, 0.5) is 0 Å². The summed E-state index contributed by atoms with van der Waals surface area (Å²) in [6.45, 7) is 2.64. The van der Waals surface area contributed by atoms with Crippen LogP contribution in [-0.2, 0) is 17.8 Å². The van der Waals surface area contributed by atoms with Crippen molar-refractivity contribution in [3.63, 3.8) is 0 Å². The quantitative estimate of drug-likeness (QED) is 0.623. The van der Waals surface area contributed by atoms with Gasteiger partial charge in [0.15, 0.2) is 5.16 Å². The molecule has 0 unspecified atom stereocenters. The first-order chi connectivity index (χ1) is 10.6. The molecule has 2 rings (SSSR count). The fourth-order valence-corrected chi connectivity index (χ4v) is 3.42. The Bertz CT molecular complexity index is 668. The molecular weight excluding hydrogens is 318 g/mol. The number of nitrogens with one attached hydrogen (secondary N) is 1. The van der Waals surface area contributed by atoms with E-state index in [9.17, 15) is 9.59 Å². The van der Waals surface area contributed by atoms with E-state index < -0.39 is 0 Å². The van der Waals surface area contributed by atoms with E-state index in [4.69, 9.17) is 0 Å². The lowest BCUT2D eigenvalue weighted by Gasteiger charge is -2.16. The molecule has 0 aliphatic carbocycles. The lowest BCUT2D eigenvalue weighted by atomic mass is 10.2. The van der Waals surface area contributed by atoms with Gasteiger partial charge in [-0.3, -0.25) is 9.59 Å². The second kappa shape index (κ2) is 8.14. The predicted octanol–water partition coefficient (Wildman–Crippen LogP) is 2.53. The zero-order valence-corrected chi connectivity index (χ0v) is 14.3. The van der Waals surface area contributed by atoms with Crippen LogP contribution in [0.2, 0.25) is 0 Å². The Balaban J connectivity index is 1.91. The molecule has 118 valence electrons. The average Bonchev–Trinajstić information content (AvgIpc) is 2.97. The number of carbonyl (C=O) groups is 1. The fraction of sp³-hybridized carbons (Fsp3) is 0.400. The Morgan fingerprint density at radius 2 is 2.32 bits per heavy atom. The van der Waals surface area contributed by atoms with E-state index in [0.717, 1.165) is 24.1 Å². The van der Waals surface area contributed by atoms with Crippen LogP contribution in [-0.4, -0.2) is 33.6 Å². The van der Waals surface area contributed by atoms with Gasteiger partial charge < -0.3 is 9.88 Å². The average molecular weight is 337 g/mol. The molecule has 0 radical (unpaired) electrons. The summed E-state index contributed by atoms with van der Waals surface area (Å²) in [6.07, 6.45) is 1.70. The van der Waals surface area contributed by atoms with Crippen molar-refractivity contribution in [2.24, 2.45) is 0 Å². The van der Waals surface area contributed by atoms with Gasteiger partial charge in [-0.25, -0.2) is 4.98 Å². The molecule has 1 N–H and O–H groups in total. The van der Waals surface area contributed by atoms with Crippen LogP contribution in [0.5, 0.6) is 0 Å². The van der Waals surface area contributed by atoms with Gasteiger partial charge in [-0.15, -0.1) is 0 Å². The van der Waals surface area contributed by atoms with Crippen molar-refractivity contribution in [1.82, 2.24) is 14.9 Å². The maximum Gasteiger partial charge on any atom is 0.251 e. The van der Waals surface area contributed by atoms with Gasteiger partial charge in [0.05, 0.1) is 5.75 Å².